The van der Waals surface area contributed by atoms with Crippen molar-refractivity contribution in [2.75, 3.05) is 39.4 Å². The van der Waals surface area contributed by atoms with Crippen molar-refractivity contribution in [3.8, 4) is 0 Å². The first-order chi connectivity index (χ1) is 12.1. The summed E-state index contributed by atoms with van der Waals surface area (Å²) < 4.78 is 11.1. The van der Waals surface area contributed by atoms with Gasteiger partial charge >= 0.3 is 6.03 Å². The number of nitrogens with zero attached hydrogens (tertiary/aromatic N) is 2. The quantitative estimate of drug-likeness (QED) is 0.903. The van der Waals surface area contributed by atoms with Crippen molar-refractivity contribution >= 4 is 6.03 Å². The Morgan fingerprint density at radius 3 is 2.44 bits per heavy atom. The van der Waals surface area contributed by atoms with Gasteiger partial charge in [0.15, 0.2) is 0 Å². The van der Waals surface area contributed by atoms with Crippen molar-refractivity contribution in [1.82, 2.24) is 15.1 Å². The lowest BCUT2D eigenvalue weighted by Gasteiger charge is -2.35. The molecule has 1 aromatic rings. The predicted molar refractivity (Wildman–Crippen MR) is 96.4 cm³/mol. The minimum Gasteiger partial charge on any atom is -0.379 e. The van der Waals surface area contributed by atoms with Gasteiger partial charge in [-0.1, -0.05) is 24.3 Å². The molecule has 0 unspecified atom stereocenters. The highest BCUT2D eigenvalue weighted by Gasteiger charge is 2.25. The molecule has 3 rings (SSSR count). The van der Waals surface area contributed by atoms with Crippen LogP contribution in [0.5, 0.6) is 0 Å². The highest BCUT2D eigenvalue weighted by Crippen LogP contribution is 2.14. The van der Waals surface area contributed by atoms with E-state index < -0.39 is 0 Å². The SMILES string of the molecule is C[C@@H]1CN(C(=O)NCc2ccccc2CN2CCOCC2)C[C@@H](C)O1. The molecule has 2 aliphatic rings. The second kappa shape index (κ2) is 8.65. The van der Waals surface area contributed by atoms with Gasteiger partial charge in [0.2, 0.25) is 0 Å². The third-order valence-corrected chi connectivity index (χ3v) is 4.75. The van der Waals surface area contributed by atoms with Gasteiger partial charge in [-0.2, -0.15) is 0 Å². The summed E-state index contributed by atoms with van der Waals surface area (Å²) in [6.07, 6.45) is 0.172. The topological polar surface area (TPSA) is 54.0 Å². The van der Waals surface area contributed by atoms with E-state index in [1.54, 1.807) is 0 Å². The van der Waals surface area contributed by atoms with Crippen LogP contribution in [0, 0.1) is 0 Å². The maximum absolute atomic E-state index is 12.5. The van der Waals surface area contributed by atoms with Crippen molar-refractivity contribution in [3.63, 3.8) is 0 Å². The number of hydrogen-bond donors (Lipinski definition) is 1. The smallest absolute Gasteiger partial charge is 0.317 e. The van der Waals surface area contributed by atoms with E-state index in [1.165, 1.54) is 11.1 Å². The molecule has 0 spiro atoms. The summed E-state index contributed by atoms with van der Waals surface area (Å²) in [7, 11) is 0. The fourth-order valence-electron chi connectivity index (χ4n) is 3.51. The average Bonchev–Trinajstić information content (AvgIpc) is 2.61. The molecule has 2 saturated heterocycles. The molecule has 2 heterocycles. The molecule has 1 aromatic carbocycles. The fraction of sp³-hybridized carbons (Fsp3) is 0.632. The van der Waals surface area contributed by atoms with E-state index in [4.69, 9.17) is 9.47 Å². The number of amides is 2. The zero-order valence-electron chi connectivity index (χ0n) is 15.2. The van der Waals surface area contributed by atoms with Gasteiger partial charge in [0.1, 0.15) is 0 Å². The molecule has 2 atom stereocenters. The van der Waals surface area contributed by atoms with Crippen molar-refractivity contribution < 1.29 is 14.3 Å². The largest absolute Gasteiger partial charge is 0.379 e. The number of carbonyl (C=O) groups is 1. The lowest BCUT2D eigenvalue weighted by atomic mass is 10.1. The highest BCUT2D eigenvalue weighted by molar-refractivity contribution is 5.74. The van der Waals surface area contributed by atoms with Gasteiger partial charge in [0.25, 0.3) is 0 Å². The van der Waals surface area contributed by atoms with Crippen LogP contribution in [0.3, 0.4) is 0 Å². The van der Waals surface area contributed by atoms with Crippen molar-refractivity contribution in [1.29, 1.82) is 0 Å². The monoisotopic (exact) mass is 347 g/mol. The summed E-state index contributed by atoms with van der Waals surface area (Å²) >= 11 is 0. The minimum atomic E-state index is -0.0109. The fourth-order valence-corrected chi connectivity index (χ4v) is 3.51. The molecular formula is C19H29N3O3. The van der Waals surface area contributed by atoms with E-state index in [0.29, 0.717) is 19.6 Å². The highest BCUT2D eigenvalue weighted by atomic mass is 16.5. The van der Waals surface area contributed by atoms with Crippen LogP contribution >= 0.6 is 0 Å². The van der Waals surface area contributed by atoms with Crippen LogP contribution in [0.4, 0.5) is 4.79 Å². The van der Waals surface area contributed by atoms with Gasteiger partial charge in [-0.15, -0.1) is 0 Å². The first-order valence-corrected chi connectivity index (χ1v) is 9.17. The molecule has 0 saturated carbocycles. The van der Waals surface area contributed by atoms with E-state index in [9.17, 15) is 4.79 Å². The summed E-state index contributed by atoms with van der Waals surface area (Å²) in [4.78, 5) is 16.7. The Morgan fingerprint density at radius 1 is 1.12 bits per heavy atom. The molecule has 0 aromatic heterocycles. The van der Waals surface area contributed by atoms with Crippen LogP contribution < -0.4 is 5.32 Å². The van der Waals surface area contributed by atoms with E-state index in [1.807, 2.05) is 24.8 Å². The van der Waals surface area contributed by atoms with Crippen molar-refractivity contribution in [2.24, 2.45) is 0 Å². The molecule has 138 valence electrons. The average molecular weight is 347 g/mol. The summed E-state index contributed by atoms with van der Waals surface area (Å²) in [5, 5.41) is 3.08. The summed E-state index contributed by atoms with van der Waals surface area (Å²) in [6.45, 7) is 10.3. The third-order valence-electron chi connectivity index (χ3n) is 4.75. The van der Waals surface area contributed by atoms with Gasteiger partial charge in [0, 0.05) is 39.3 Å². The number of nitrogens with one attached hydrogen (secondary N) is 1. The summed E-state index contributed by atoms with van der Waals surface area (Å²) in [6, 6.07) is 8.33. The maximum Gasteiger partial charge on any atom is 0.317 e. The van der Waals surface area contributed by atoms with E-state index >= 15 is 0 Å². The van der Waals surface area contributed by atoms with Gasteiger partial charge in [-0.05, 0) is 25.0 Å². The molecule has 6 nitrogen and oxygen atoms in total. The molecule has 6 heteroatoms. The second-order valence-corrected chi connectivity index (χ2v) is 6.98. The molecule has 1 N–H and O–H groups in total. The normalized spacial score (nSPS) is 25.0. The summed E-state index contributed by atoms with van der Waals surface area (Å²) in [5.74, 6) is 0. The lowest BCUT2D eigenvalue weighted by Crippen LogP contribution is -2.51. The zero-order valence-corrected chi connectivity index (χ0v) is 15.2. The van der Waals surface area contributed by atoms with E-state index in [0.717, 1.165) is 32.8 Å². The lowest BCUT2D eigenvalue weighted by molar-refractivity contribution is -0.0545. The number of benzene rings is 1. The van der Waals surface area contributed by atoms with Crippen molar-refractivity contribution in [3.05, 3.63) is 35.4 Å². The molecule has 2 amide bonds. The Balaban J connectivity index is 1.56. The Kier molecular flexibility index (Phi) is 6.29. The first kappa shape index (κ1) is 18.2. The Labute approximate surface area is 150 Å². The van der Waals surface area contributed by atoms with Crippen LogP contribution in [0.25, 0.3) is 0 Å². The van der Waals surface area contributed by atoms with Crippen LogP contribution in [-0.4, -0.2) is 67.4 Å². The van der Waals surface area contributed by atoms with Crippen molar-refractivity contribution in [2.45, 2.75) is 39.1 Å². The van der Waals surface area contributed by atoms with Gasteiger partial charge < -0.3 is 19.7 Å². The molecular weight excluding hydrogens is 318 g/mol. The molecule has 0 aliphatic carbocycles. The minimum absolute atomic E-state index is 0.0109. The number of urea groups is 1. The number of carbonyl (C=O) groups excluding carboxylic acids is 1. The predicted octanol–water partition coefficient (Wildman–Crippen LogP) is 1.84. The standard InChI is InChI=1S/C19H29N3O3/c1-15-12-22(13-16(2)25-15)19(23)20-11-17-5-3-4-6-18(17)14-21-7-9-24-10-8-21/h3-6,15-16H,7-14H2,1-2H3,(H,20,23)/t15-,16-/m1/s1. The van der Waals surface area contributed by atoms with Crippen LogP contribution in [-0.2, 0) is 22.6 Å². The van der Waals surface area contributed by atoms with Crippen LogP contribution in [0.1, 0.15) is 25.0 Å². The Hall–Kier alpha value is -1.63. The zero-order chi connectivity index (χ0) is 17.6. The van der Waals surface area contributed by atoms with E-state index in [-0.39, 0.29) is 18.2 Å². The van der Waals surface area contributed by atoms with Crippen LogP contribution in [0.2, 0.25) is 0 Å². The molecule has 2 fully saturated rings. The summed E-state index contributed by atoms with van der Waals surface area (Å²) in [5.41, 5.74) is 2.45. The van der Waals surface area contributed by atoms with Gasteiger partial charge in [-0.3, -0.25) is 4.90 Å². The number of hydrogen-bond acceptors (Lipinski definition) is 4. The van der Waals surface area contributed by atoms with Gasteiger partial charge in [0.05, 0.1) is 25.4 Å². The Morgan fingerprint density at radius 2 is 1.76 bits per heavy atom. The van der Waals surface area contributed by atoms with Gasteiger partial charge in [-0.25, -0.2) is 4.79 Å². The first-order valence-electron chi connectivity index (χ1n) is 9.17. The number of rotatable bonds is 4. The Bertz CT molecular complexity index is 565. The molecule has 2 aliphatic heterocycles. The second-order valence-electron chi connectivity index (χ2n) is 6.98. The molecule has 0 radical (unpaired) electrons. The molecule has 25 heavy (non-hydrogen) atoms. The maximum atomic E-state index is 12.5. The number of morpholine rings is 2. The van der Waals surface area contributed by atoms with E-state index in [2.05, 4.69) is 28.4 Å². The third kappa shape index (κ3) is 5.17. The molecule has 0 bridgehead atoms. The number of ether oxygens (including phenoxy) is 2. The van der Waals surface area contributed by atoms with Crippen LogP contribution in [0.15, 0.2) is 24.3 Å².